The summed E-state index contributed by atoms with van der Waals surface area (Å²) in [7, 11) is 0. The number of H-pyrrole nitrogens is 1. The highest BCUT2D eigenvalue weighted by atomic mass is 79.9. The van der Waals surface area contributed by atoms with Crippen LogP contribution in [0, 0.1) is 12.8 Å². The molecule has 2 rings (SSSR count). The quantitative estimate of drug-likeness (QED) is 0.911. The molecule has 1 aromatic heterocycles. The number of nitrogens with two attached hydrogens (primary N) is 1. The normalized spacial score (nSPS) is 11.2. The number of benzene rings is 1. The van der Waals surface area contributed by atoms with E-state index in [2.05, 4.69) is 34.9 Å². The van der Waals surface area contributed by atoms with E-state index >= 15 is 0 Å². The van der Waals surface area contributed by atoms with E-state index in [0.29, 0.717) is 11.6 Å². The van der Waals surface area contributed by atoms with Crippen molar-refractivity contribution in [2.24, 2.45) is 5.92 Å². The van der Waals surface area contributed by atoms with Crippen LogP contribution in [0.15, 0.2) is 27.5 Å². The maximum Gasteiger partial charge on any atom is 0.294 e. The van der Waals surface area contributed by atoms with E-state index < -0.39 is 0 Å². The lowest BCUT2D eigenvalue weighted by atomic mass is 10.1. The van der Waals surface area contributed by atoms with Crippen LogP contribution in [0.4, 0.5) is 5.69 Å². The van der Waals surface area contributed by atoms with Gasteiger partial charge in [0.1, 0.15) is 5.69 Å². The minimum absolute atomic E-state index is 0.180. The fourth-order valence-corrected chi connectivity index (χ4v) is 2.57. The van der Waals surface area contributed by atoms with Gasteiger partial charge in [0.25, 0.3) is 5.56 Å². The van der Waals surface area contributed by atoms with Crippen LogP contribution >= 0.6 is 15.9 Å². The number of hydrogen-bond acceptors (Lipinski definition) is 2. The van der Waals surface area contributed by atoms with Crippen LogP contribution in [0.25, 0.3) is 5.69 Å². The van der Waals surface area contributed by atoms with Crippen molar-refractivity contribution in [3.8, 4) is 5.69 Å². The second-order valence-corrected chi connectivity index (χ2v) is 6.09. The number of halogens is 1. The maximum absolute atomic E-state index is 12.2. The molecule has 0 aliphatic carbocycles. The molecule has 0 saturated carbocycles. The minimum atomic E-state index is -0.180. The van der Waals surface area contributed by atoms with Crippen molar-refractivity contribution in [3.63, 3.8) is 0 Å². The lowest BCUT2D eigenvalue weighted by molar-refractivity contribution is 0.628. The van der Waals surface area contributed by atoms with Crippen LogP contribution in [0.2, 0.25) is 0 Å². The third-order valence-electron chi connectivity index (χ3n) is 3.02. The average molecular weight is 324 g/mol. The molecular weight excluding hydrogens is 306 g/mol. The number of nitrogen functional groups attached to an aromatic ring is 1. The summed E-state index contributed by atoms with van der Waals surface area (Å²) in [5.41, 5.74) is 8.68. The van der Waals surface area contributed by atoms with E-state index in [1.54, 1.807) is 0 Å². The number of nitrogens with zero attached hydrogens (tertiary/aromatic N) is 1. The first-order valence-corrected chi connectivity index (χ1v) is 7.05. The Balaban J connectivity index is 2.54. The molecule has 1 aromatic carbocycles. The first-order valence-electron chi connectivity index (χ1n) is 6.26. The van der Waals surface area contributed by atoms with Gasteiger partial charge in [-0.2, -0.15) is 0 Å². The summed E-state index contributed by atoms with van der Waals surface area (Å²) >= 11 is 3.42. The Morgan fingerprint density at radius 1 is 1.42 bits per heavy atom. The molecule has 1 heterocycles. The van der Waals surface area contributed by atoms with Crippen LogP contribution in [-0.4, -0.2) is 9.78 Å². The molecule has 0 unspecified atom stereocenters. The molecule has 0 atom stereocenters. The second kappa shape index (κ2) is 5.25. The lowest BCUT2D eigenvalue weighted by Crippen LogP contribution is -2.17. The van der Waals surface area contributed by atoms with E-state index in [1.807, 2.05) is 25.1 Å². The molecule has 0 aliphatic rings. The monoisotopic (exact) mass is 323 g/mol. The smallest absolute Gasteiger partial charge is 0.294 e. The summed E-state index contributed by atoms with van der Waals surface area (Å²) < 4.78 is 2.51. The largest absolute Gasteiger partial charge is 0.393 e. The Morgan fingerprint density at radius 3 is 2.68 bits per heavy atom. The van der Waals surface area contributed by atoms with Gasteiger partial charge < -0.3 is 5.73 Å². The van der Waals surface area contributed by atoms with Crippen LogP contribution < -0.4 is 11.3 Å². The number of aryl methyl sites for hydroxylation is 1. The van der Waals surface area contributed by atoms with Crippen LogP contribution in [-0.2, 0) is 6.42 Å². The predicted octanol–water partition coefficient (Wildman–Crippen LogP) is 3.02. The van der Waals surface area contributed by atoms with Crippen molar-refractivity contribution in [2.75, 3.05) is 5.73 Å². The second-order valence-electron chi connectivity index (χ2n) is 5.17. The molecule has 0 spiro atoms. The molecule has 3 N–H and O–H groups in total. The standard InChI is InChI=1S/C14H18BrN3O/c1-8(2)6-11-13(16)14(19)18(17-11)12-5-4-10(15)7-9(12)3/h4-5,7-8,17H,6,16H2,1-3H3. The van der Waals surface area contributed by atoms with Crippen molar-refractivity contribution in [1.82, 2.24) is 9.78 Å². The van der Waals surface area contributed by atoms with Gasteiger partial charge in [-0.05, 0) is 43.0 Å². The fraction of sp³-hybridized carbons (Fsp3) is 0.357. The van der Waals surface area contributed by atoms with Gasteiger partial charge in [-0.1, -0.05) is 29.8 Å². The first-order chi connectivity index (χ1) is 8.90. The van der Waals surface area contributed by atoms with E-state index in [1.165, 1.54) is 4.68 Å². The molecule has 0 aliphatic heterocycles. The van der Waals surface area contributed by atoms with E-state index in [9.17, 15) is 4.79 Å². The number of rotatable bonds is 3. The Labute approximate surface area is 120 Å². The Bertz CT molecular complexity index is 655. The van der Waals surface area contributed by atoms with Crippen molar-refractivity contribution < 1.29 is 0 Å². The van der Waals surface area contributed by atoms with E-state index in [0.717, 1.165) is 27.8 Å². The Morgan fingerprint density at radius 2 is 2.11 bits per heavy atom. The molecule has 0 bridgehead atoms. The highest BCUT2D eigenvalue weighted by Gasteiger charge is 2.14. The Kier molecular flexibility index (Phi) is 3.85. The molecule has 19 heavy (non-hydrogen) atoms. The highest BCUT2D eigenvalue weighted by molar-refractivity contribution is 9.10. The topological polar surface area (TPSA) is 63.8 Å². The molecular formula is C14H18BrN3O. The predicted molar refractivity (Wildman–Crippen MR) is 81.8 cm³/mol. The summed E-state index contributed by atoms with van der Waals surface area (Å²) in [6, 6.07) is 5.78. The third-order valence-corrected chi connectivity index (χ3v) is 3.51. The highest BCUT2D eigenvalue weighted by Crippen LogP contribution is 2.19. The number of anilines is 1. The third kappa shape index (κ3) is 2.76. The van der Waals surface area contributed by atoms with Crippen molar-refractivity contribution in [2.45, 2.75) is 27.2 Å². The van der Waals surface area contributed by atoms with Crippen LogP contribution in [0.1, 0.15) is 25.1 Å². The zero-order chi connectivity index (χ0) is 14.2. The molecule has 4 nitrogen and oxygen atoms in total. The lowest BCUT2D eigenvalue weighted by Gasteiger charge is -2.07. The minimum Gasteiger partial charge on any atom is -0.393 e. The number of nitrogens with one attached hydrogen (secondary N) is 1. The zero-order valence-electron chi connectivity index (χ0n) is 11.3. The van der Waals surface area contributed by atoms with Gasteiger partial charge in [0.05, 0.1) is 11.4 Å². The molecule has 0 saturated heterocycles. The van der Waals surface area contributed by atoms with Gasteiger partial charge in [-0.25, -0.2) is 4.68 Å². The molecule has 0 amide bonds. The SMILES string of the molecule is Cc1cc(Br)ccc1-n1[nH]c(CC(C)C)c(N)c1=O. The zero-order valence-corrected chi connectivity index (χ0v) is 12.9. The van der Waals surface area contributed by atoms with Gasteiger partial charge in [0.15, 0.2) is 0 Å². The molecule has 2 aromatic rings. The summed E-state index contributed by atoms with van der Waals surface area (Å²) in [6.07, 6.45) is 0.768. The molecule has 102 valence electrons. The van der Waals surface area contributed by atoms with Crippen LogP contribution in [0.3, 0.4) is 0 Å². The van der Waals surface area contributed by atoms with Crippen molar-refractivity contribution in [3.05, 3.63) is 44.3 Å². The number of aromatic nitrogens is 2. The fourth-order valence-electron chi connectivity index (χ4n) is 2.10. The van der Waals surface area contributed by atoms with E-state index in [-0.39, 0.29) is 5.56 Å². The van der Waals surface area contributed by atoms with Crippen LogP contribution in [0.5, 0.6) is 0 Å². The maximum atomic E-state index is 12.2. The number of hydrogen-bond donors (Lipinski definition) is 2. The summed E-state index contributed by atoms with van der Waals surface area (Å²) in [5.74, 6) is 0.444. The average Bonchev–Trinajstić information content (AvgIpc) is 2.57. The van der Waals surface area contributed by atoms with Gasteiger partial charge in [0.2, 0.25) is 0 Å². The first kappa shape index (κ1) is 13.9. The summed E-state index contributed by atoms with van der Waals surface area (Å²) in [4.78, 5) is 12.2. The molecule has 0 radical (unpaired) electrons. The van der Waals surface area contributed by atoms with Gasteiger partial charge >= 0.3 is 0 Å². The molecule has 5 heteroatoms. The van der Waals surface area contributed by atoms with Crippen molar-refractivity contribution >= 4 is 21.6 Å². The van der Waals surface area contributed by atoms with Gasteiger partial charge in [0, 0.05) is 4.47 Å². The number of aromatic amines is 1. The van der Waals surface area contributed by atoms with Gasteiger partial charge in [-0.3, -0.25) is 9.89 Å². The van der Waals surface area contributed by atoms with Gasteiger partial charge in [-0.15, -0.1) is 0 Å². The summed E-state index contributed by atoms with van der Waals surface area (Å²) in [5, 5.41) is 3.12. The van der Waals surface area contributed by atoms with Crippen molar-refractivity contribution in [1.29, 1.82) is 0 Å². The molecule has 0 fully saturated rings. The summed E-state index contributed by atoms with van der Waals surface area (Å²) in [6.45, 7) is 6.16. The Hall–Kier alpha value is -1.49. The van der Waals surface area contributed by atoms with E-state index in [4.69, 9.17) is 5.73 Å².